The molecule has 1 aliphatic carbocycles. The number of aliphatic hydroxyl groups excluding tert-OH is 3. The quantitative estimate of drug-likeness (QED) is 0.0935. The van der Waals surface area contributed by atoms with Crippen LogP contribution in [0.4, 0.5) is 0 Å². The first-order valence-corrected chi connectivity index (χ1v) is 12.4. The maximum atomic E-state index is 11.7. The fourth-order valence-corrected chi connectivity index (χ4v) is 4.14. The van der Waals surface area contributed by atoms with Gasteiger partial charge in [0.1, 0.15) is 18.5 Å². The molecule has 0 saturated heterocycles. The number of rotatable bonds is 16. The monoisotopic (exact) mass is 529 g/mol. The van der Waals surface area contributed by atoms with E-state index in [-0.39, 0.29) is 55.9 Å². The maximum Gasteiger partial charge on any atom is 0.305 e. The molecule has 0 aromatic heterocycles. The molecule has 0 heterocycles. The summed E-state index contributed by atoms with van der Waals surface area (Å²) in [6.07, 6.45) is 7.63. The van der Waals surface area contributed by atoms with Crippen molar-refractivity contribution in [2.45, 2.75) is 56.8 Å². The Kier molecular flexibility index (Phi) is 14.0. The highest BCUT2D eigenvalue weighted by Gasteiger charge is 2.39. The molecule has 0 aliphatic heterocycles. The highest BCUT2D eigenvalue weighted by atomic mass is 35.5. The molecule has 2 rings (SSSR count). The van der Waals surface area contributed by atoms with Gasteiger partial charge in [-0.05, 0) is 43.4 Å². The first kappa shape index (κ1) is 30.2. The van der Waals surface area contributed by atoms with E-state index in [9.17, 15) is 20.1 Å². The number of carbonyl (C=O) groups is 1. The van der Waals surface area contributed by atoms with Crippen molar-refractivity contribution in [2.75, 3.05) is 19.8 Å². The Bertz CT molecular complexity index is 836. The molecular formula is C25H36ClNO9. The van der Waals surface area contributed by atoms with Crippen LogP contribution in [-0.4, -0.2) is 75.2 Å². The van der Waals surface area contributed by atoms with E-state index in [0.717, 1.165) is 0 Å². The molecule has 0 bridgehead atoms. The highest BCUT2D eigenvalue weighted by molar-refractivity contribution is 6.30. The normalized spacial score (nSPS) is 23.1. The topological polar surface area (TPSA) is 149 Å². The van der Waals surface area contributed by atoms with Crippen LogP contribution in [0.25, 0.3) is 0 Å². The molecule has 1 aliphatic rings. The molecule has 1 saturated carbocycles. The van der Waals surface area contributed by atoms with Crippen molar-refractivity contribution >= 4 is 17.6 Å². The summed E-state index contributed by atoms with van der Waals surface area (Å²) in [6.45, 7) is 0.171. The molecular weight excluding hydrogens is 494 g/mol. The average molecular weight is 530 g/mol. The van der Waals surface area contributed by atoms with Crippen molar-refractivity contribution in [3.63, 3.8) is 0 Å². The summed E-state index contributed by atoms with van der Waals surface area (Å²) in [5.41, 5.74) is 0. The van der Waals surface area contributed by atoms with Gasteiger partial charge in [0.25, 0.3) is 0 Å². The largest absolute Gasteiger partial charge is 0.491 e. The van der Waals surface area contributed by atoms with E-state index in [2.05, 4.69) is 4.84 Å². The van der Waals surface area contributed by atoms with Crippen LogP contribution in [0.2, 0.25) is 5.02 Å². The smallest absolute Gasteiger partial charge is 0.305 e. The molecule has 0 unspecified atom stereocenters. The van der Waals surface area contributed by atoms with Crippen LogP contribution in [0.5, 0.6) is 5.75 Å². The maximum absolute atomic E-state index is 11.7. The number of hydrogen-bond donors (Lipinski definition) is 5. The zero-order valence-electron chi connectivity index (χ0n) is 20.1. The van der Waals surface area contributed by atoms with Crippen LogP contribution in [0, 0.1) is 11.8 Å². The van der Waals surface area contributed by atoms with E-state index in [0.29, 0.717) is 36.5 Å². The molecule has 11 heteroatoms. The Morgan fingerprint density at radius 2 is 1.97 bits per heavy atom. The van der Waals surface area contributed by atoms with E-state index in [4.69, 9.17) is 31.5 Å². The zero-order chi connectivity index (χ0) is 26.3. The minimum atomic E-state index is -0.878. The van der Waals surface area contributed by atoms with Crippen LogP contribution < -0.4 is 4.74 Å². The first-order valence-electron chi connectivity index (χ1n) is 12.0. The summed E-state index contributed by atoms with van der Waals surface area (Å²) in [7, 11) is 0. The first-order chi connectivity index (χ1) is 17.3. The van der Waals surface area contributed by atoms with E-state index in [1.54, 1.807) is 36.4 Å². The second kappa shape index (κ2) is 16.7. The summed E-state index contributed by atoms with van der Waals surface area (Å²) >= 11 is 5.92. The minimum Gasteiger partial charge on any atom is -0.491 e. The Balaban J connectivity index is 1.68. The van der Waals surface area contributed by atoms with Gasteiger partial charge in [-0.1, -0.05) is 42.0 Å². The van der Waals surface area contributed by atoms with Crippen LogP contribution >= 0.6 is 11.6 Å². The van der Waals surface area contributed by atoms with Gasteiger partial charge in [0, 0.05) is 30.2 Å². The number of nitrogens with zero attached hydrogens (tertiary/aromatic N) is 1. The van der Waals surface area contributed by atoms with Crippen molar-refractivity contribution in [3.8, 4) is 5.75 Å². The SMILES string of the molecule is O=C(CCC/C=C\C[C@@H]1[C@@H](/C=C/[C@@H](O)COc2cccc(Cl)c2)[C@H](O)C[C@@H]1O)OCCCON(O)O. The average Bonchev–Trinajstić information content (AvgIpc) is 3.10. The predicted octanol–water partition coefficient (Wildman–Crippen LogP) is 3.06. The third-order valence-corrected chi connectivity index (χ3v) is 6.01. The van der Waals surface area contributed by atoms with Crippen LogP contribution in [0.1, 0.15) is 38.5 Å². The molecule has 1 fully saturated rings. The van der Waals surface area contributed by atoms with Crippen molar-refractivity contribution in [1.82, 2.24) is 5.39 Å². The molecule has 36 heavy (non-hydrogen) atoms. The van der Waals surface area contributed by atoms with E-state index >= 15 is 0 Å². The Labute approximate surface area is 215 Å². The molecule has 10 nitrogen and oxygen atoms in total. The summed E-state index contributed by atoms with van der Waals surface area (Å²) in [4.78, 5) is 16.0. The van der Waals surface area contributed by atoms with Crippen molar-refractivity contribution in [2.24, 2.45) is 11.8 Å². The predicted molar refractivity (Wildman–Crippen MR) is 130 cm³/mol. The number of hydrogen-bond acceptors (Lipinski definition) is 10. The lowest BCUT2D eigenvalue weighted by Crippen LogP contribution is -2.21. The third kappa shape index (κ3) is 11.8. The number of allylic oxidation sites excluding steroid dienone is 2. The van der Waals surface area contributed by atoms with Gasteiger partial charge in [-0.15, -0.1) is 0 Å². The van der Waals surface area contributed by atoms with Gasteiger partial charge in [-0.3, -0.25) is 20.0 Å². The third-order valence-electron chi connectivity index (χ3n) is 5.77. The van der Waals surface area contributed by atoms with Gasteiger partial charge in [0.2, 0.25) is 0 Å². The summed E-state index contributed by atoms with van der Waals surface area (Å²) in [5, 5.41) is 47.9. The molecule has 5 atom stereocenters. The number of ether oxygens (including phenoxy) is 2. The lowest BCUT2D eigenvalue weighted by Gasteiger charge is -2.19. The molecule has 0 spiro atoms. The van der Waals surface area contributed by atoms with Crippen molar-refractivity contribution in [3.05, 3.63) is 53.6 Å². The number of unbranched alkanes of at least 4 members (excludes halogenated alkanes) is 1. The van der Waals surface area contributed by atoms with Crippen LogP contribution in [0.15, 0.2) is 48.6 Å². The number of esters is 1. The lowest BCUT2D eigenvalue weighted by molar-refractivity contribution is -0.492. The highest BCUT2D eigenvalue weighted by Crippen LogP contribution is 2.36. The standard InChI is InChI=1S/C25H36ClNO9/c26-18-7-5-8-20(15-18)35-17-19(28)11-12-22-21(23(29)16-24(22)30)9-3-1-2-4-10-25(31)34-13-6-14-36-27(32)33/h1,3,5,7-8,11-12,15,19,21-24,28-30,32-33H,2,4,6,9-10,13-14,16-17H2/b3-1-,12-11+/t19-,21-,22-,23+,24-/m1/s1. The number of carbonyl (C=O) groups excluding carboxylic acids is 1. The number of aliphatic hydroxyl groups is 3. The molecule has 0 amide bonds. The van der Waals surface area contributed by atoms with Gasteiger partial charge in [-0.25, -0.2) is 0 Å². The molecule has 5 N–H and O–H groups in total. The van der Waals surface area contributed by atoms with Crippen molar-refractivity contribution in [1.29, 1.82) is 0 Å². The Hall–Kier alpha value is -2.02. The van der Waals surface area contributed by atoms with Gasteiger partial charge in [-0.2, -0.15) is 0 Å². The van der Waals surface area contributed by atoms with Crippen molar-refractivity contribution < 1.29 is 44.8 Å². The summed E-state index contributed by atoms with van der Waals surface area (Å²) in [5.74, 6) is -0.275. The molecule has 1 aromatic carbocycles. The zero-order valence-corrected chi connectivity index (χ0v) is 20.8. The summed E-state index contributed by atoms with van der Waals surface area (Å²) in [6, 6.07) is 6.88. The van der Waals surface area contributed by atoms with Gasteiger partial charge >= 0.3 is 5.97 Å². The number of benzene rings is 1. The van der Waals surface area contributed by atoms with E-state index in [1.165, 1.54) is 0 Å². The van der Waals surface area contributed by atoms with E-state index in [1.807, 2.05) is 12.2 Å². The second-order valence-electron chi connectivity index (χ2n) is 8.59. The van der Waals surface area contributed by atoms with Gasteiger partial charge in [0.15, 0.2) is 0 Å². The molecule has 202 valence electrons. The molecule has 0 radical (unpaired) electrons. The minimum absolute atomic E-state index is 0.0106. The fraction of sp³-hybridized carbons (Fsp3) is 0.560. The van der Waals surface area contributed by atoms with Crippen LogP contribution in [-0.2, 0) is 14.4 Å². The summed E-state index contributed by atoms with van der Waals surface area (Å²) < 4.78 is 10.5. The number of halogens is 1. The van der Waals surface area contributed by atoms with Crippen LogP contribution in [0.3, 0.4) is 0 Å². The second-order valence-corrected chi connectivity index (χ2v) is 9.03. The lowest BCUT2D eigenvalue weighted by atomic mass is 9.89. The fourth-order valence-electron chi connectivity index (χ4n) is 3.96. The van der Waals surface area contributed by atoms with E-state index < -0.39 is 18.3 Å². The Morgan fingerprint density at radius 3 is 2.72 bits per heavy atom. The Morgan fingerprint density at radius 1 is 1.17 bits per heavy atom. The van der Waals surface area contributed by atoms with Gasteiger partial charge < -0.3 is 24.8 Å². The molecule has 1 aromatic rings. The van der Waals surface area contributed by atoms with Gasteiger partial charge in [0.05, 0.1) is 30.8 Å².